The maximum absolute atomic E-state index is 10.0. The van der Waals surface area contributed by atoms with Crippen LogP contribution in [-0.2, 0) is 0 Å². The first-order chi connectivity index (χ1) is 8.30. The lowest BCUT2D eigenvalue weighted by atomic mass is 10.3. The molecule has 0 amide bonds. The Morgan fingerprint density at radius 1 is 0.882 bits per heavy atom. The zero-order chi connectivity index (χ0) is 14.7. The molecule has 0 radical (unpaired) electrons. The van der Waals surface area contributed by atoms with E-state index in [0.29, 0.717) is 0 Å². The van der Waals surface area contributed by atoms with Crippen LogP contribution in [0, 0.1) is 10.1 Å². The van der Waals surface area contributed by atoms with E-state index in [9.17, 15) is 10.1 Å². The first-order valence-corrected chi connectivity index (χ1v) is 6.08. The monoisotopic (exact) mass is 244 g/mol. The molecule has 1 aromatic rings. The van der Waals surface area contributed by atoms with Crippen LogP contribution in [0.25, 0.3) is 0 Å². The highest BCUT2D eigenvalue weighted by Gasteiger charge is 1.98. The zero-order valence-corrected chi connectivity index (χ0v) is 12.2. The van der Waals surface area contributed by atoms with Gasteiger partial charge in [0.15, 0.2) is 0 Å². The Bertz CT molecular complexity index is 214. The van der Waals surface area contributed by atoms with Gasteiger partial charge in [0, 0.05) is 12.1 Å². The van der Waals surface area contributed by atoms with E-state index < -0.39 is 4.92 Å². The van der Waals surface area contributed by atoms with Crippen molar-refractivity contribution in [3.63, 3.8) is 0 Å². The van der Waals surface area contributed by atoms with Crippen molar-refractivity contribution in [1.82, 2.24) is 0 Å². The largest absolute Gasteiger partial charge is 0.333 e. The number of nitrogens with two attached hydrogens (primary N) is 1. The van der Waals surface area contributed by atoms with E-state index in [1.807, 2.05) is 41.5 Å². The molecule has 0 spiro atoms. The average Bonchev–Trinajstić information content (AvgIpc) is 2.48. The third kappa shape index (κ3) is 20.6. The van der Waals surface area contributed by atoms with Crippen LogP contribution in [0.2, 0.25) is 0 Å². The summed E-state index contributed by atoms with van der Waals surface area (Å²) in [6.45, 7) is 12.0. The Hall–Kier alpha value is -1.42. The molecule has 0 saturated carbocycles. The highest BCUT2D eigenvalue weighted by molar-refractivity contribution is 5.27. The van der Waals surface area contributed by atoms with Crippen LogP contribution >= 0.6 is 0 Å². The summed E-state index contributed by atoms with van der Waals surface area (Å²) < 4.78 is 0. The minimum absolute atomic E-state index is 0.137. The average molecular weight is 244 g/mol. The van der Waals surface area contributed by atoms with E-state index in [0.717, 1.165) is 0 Å². The van der Waals surface area contributed by atoms with Crippen molar-refractivity contribution in [3.05, 3.63) is 40.4 Å². The molecule has 0 heterocycles. The van der Waals surface area contributed by atoms with Crippen molar-refractivity contribution in [2.45, 2.75) is 41.5 Å². The molecular formula is C13H28N2O2. The van der Waals surface area contributed by atoms with Gasteiger partial charge in [-0.2, -0.15) is 0 Å². The molecule has 2 N–H and O–H groups in total. The SMILES string of the molecule is CC.CC.CC.CN.O=[N+]([O-])c1ccccc1. The van der Waals surface area contributed by atoms with Crippen LogP contribution in [0.5, 0.6) is 0 Å². The third-order valence-corrected chi connectivity index (χ3v) is 0.967. The predicted molar refractivity (Wildman–Crippen MR) is 77.3 cm³/mol. The molecule has 0 unspecified atom stereocenters. The van der Waals surface area contributed by atoms with Crippen molar-refractivity contribution in [2.75, 3.05) is 7.05 Å². The van der Waals surface area contributed by atoms with Crippen LogP contribution < -0.4 is 5.73 Å². The minimum atomic E-state index is -0.417. The summed E-state index contributed by atoms with van der Waals surface area (Å²) in [5, 5.41) is 10.0. The summed E-state index contributed by atoms with van der Waals surface area (Å²) in [4.78, 5) is 9.59. The molecule has 0 aliphatic carbocycles. The summed E-state index contributed by atoms with van der Waals surface area (Å²) in [6.07, 6.45) is 0. The van der Waals surface area contributed by atoms with Gasteiger partial charge in [-0.1, -0.05) is 59.7 Å². The zero-order valence-electron chi connectivity index (χ0n) is 12.2. The van der Waals surface area contributed by atoms with Gasteiger partial charge >= 0.3 is 0 Å². The number of benzene rings is 1. The summed E-state index contributed by atoms with van der Waals surface area (Å²) in [5.74, 6) is 0. The second-order valence-electron chi connectivity index (χ2n) is 1.59. The Kier molecular flexibility index (Phi) is 42.6. The lowest BCUT2D eigenvalue weighted by Gasteiger charge is -1.85. The number of nitro benzene ring substituents is 1. The number of hydrogen-bond acceptors (Lipinski definition) is 3. The number of para-hydroxylation sites is 1. The number of non-ortho nitro benzene ring substituents is 1. The van der Waals surface area contributed by atoms with Crippen LogP contribution in [0.1, 0.15) is 41.5 Å². The van der Waals surface area contributed by atoms with E-state index in [1.165, 1.54) is 19.2 Å². The highest BCUT2D eigenvalue weighted by Crippen LogP contribution is 2.06. The smallest absolute Gasteiger partial charge is 0.269 e. The molecule has 17 heavy (non-hydrogen) atoms. The molecule has 0 saturated heterocycles. The van der Waals surface area contributed by atoms with Gasteiger partial charge in [0.05, 0.1) is 4.92 Å². The molecule has 0 aliphatic heterocycles. The molecule has 1 rings (SSSR count). The Morgan fingerprint density at radius 2 is 1.18 bits per heavy atom. The van der Waals surface area contributed by atoms with Crippen LogP contribution in [0.4, 0.5) is 5.69 Å². The molecule has 0 aliphatic rings. The second-order valence-corrected chi connectivity index (χ2v) is 1.59. The van der Waals surface area contributed by atoms with Gasteiger partial charge in [0.2, 0.25) is 0 Å². The molecule has 0 aromatic heterocycles. The number of rotatable bonds is 1. The molecule has 102 valence electrons. The van der Waals surface area contributed by atoms with Gasteiger partial charge in [0.25, 0.3) is 5.69 Å². The topological polar surface area (TPSA) is 69.2 Å². The van der Waals surface area contributed by atoms with E-state index in [-0.39, 0.29) is 5.69 Å². The quantitative estimate of drug-likeness (QED) is 0.593. The summed E-state index contributed by atoms with van der Waals surface area (Å²) in [6, 6.07) is 7.93. The number of nitrogens with zero attached hydrogens (tertiary/aromatic N) is 1. The molecule has 4 heteroatoms. The standard InChI is InChI=1S/C6H5NO2.3C2H6.CH5N/c8-7(9)6-4-2-1-3-5-6;4*1-2/h1-5H;3*1-2H3;2H2,1H3. The highest BCUT2D eigenvalue weighted by atomic mass is 16.6. The molecule has 0 atom stereocenters. The Morgan fingerprint density at radius 3 is 1.35 bits per heavy atom. The van der Waals surface area contributed by atoms with E-state index >= 15 is 0 Å². The van der Waals surface area contributed by atoms with Gasteiger partial charge in [-0.05, 0) is 7.05 Å². The normalized spacial score (nSPS) is 6.12. The van der Waals surface area contributed by atoms with E-state index in [4.69, 9.17) is 0 Å². The summed E-state index contributed by atoms with van der Waals surface area (Å²) in [5.41, 5.74) is 4.64. The van der Waals surface area contributed by atoms with Gasteiger partial charge in [-0.25, -0.2) is 0 Å². The van der Waals surface area contributed by atoms with Crippen molar-refractivity contribution >= 4 is 5.69 Å². The third-order valence-electron chi connectivity index (χ3n) is 0.967. The van der Waals surface area contributed by atoms with Crippen LogP contribution in [-0.4, -0.2) is 12.0 Å². The Labute approximate surface area is 106 Å². The van der Waals surface area contributed by atoms with Gasteiger partial charge in [0.1, 0.15) is 0 Å². The van der Waals surface area contributed by atoms with Crippen molar-refractivity contribution < 1.29 is 4.92 Å². The van der Waals surface area contributed by atoms with Crippen molar-refractivity contribution in [3.8, 4) is 0 Å². The fourth-order valence-corrected chi connectivity index (χ4v) is 0.550. The molecule has 4 nitrogen and oxygen atoms in total. The molecule has 0 fully saturated rings. The van der Waals surface area contributed by atoms with Crippen molar-refractivity contribution in [1.29, 1.82) is 0 Å². The van der Waals surface area contributed by atoms with Gasteiger partial charge < -0.3 is 5.73 Å². The van der Waals surface area contributed by atoms with Crippen molar-refractivity contribution in [2.24, 2.45) is 5.73 Å². The lowest BCUT2D eigenvalue weighted by Crippen LogP contribution is -1.84. The Balaban J connectivity index is -0.0000000905. The molecule has 1 aromatic carbocycles. The number of hydrogen-bond donors (Lipinski definition) is 1. The summed E-state index contributed by atoms with van der Waals surface area (Å²) in [7, 11) is 1.50. The predicted octanol–water partition coefficient (Wildman–Crippen LogP) is 4.25. The van der Waals surface area contributed by atoms with E-state index in [2.05, 4.69) is 5.73 Å². The molecular weight excluding hydrogens is 216 g/mol. The van der Waals surface area contributed by atoms with E-state index in [1.54, 1.807) is 18.2 Å². The first-order valence-electron chi connectivity index (χ1n) is 6.08. The maximum Gasteiger partial charge on any atom is 0.269 e. The first kappa shape index (κ1) is 24.7. The van der Waals surface area contributed by atoms with Crippen LogP contribution in [0.15, 0.2) is 30.3 Å². The van der Waals surface area contributed by atoms with Crippen LogP contribution in [0.3, 0.4) is 0 Å². The van der Waals surface area contributed by atoms with Gasteiger partial charge in [-0.15, -0.1) is 0 Å². The second kappa shape index (κ2) is 29.3. The maximum atomic E-state index is 10.0. The molecule has 0 bridgehead atoms. The fourth-order valence-electron chi connectivity index (χ4n) is 0.550. The number of nitro groups is 1. The fraction of sp³-hybridized carbons (Fsp3) is 0.538. The van der Waals surface area contributed by atoms with Gasteiger partial charge in [-0.3, -0.25) is 10.1 Å². The lowest BCUT2D eigenvalue weighted by molar-refractivity contribution is -0.384. The summed E-state index contributed by atoms with van der Waals surface area (Å²) >= 11 is 0. The minimum Gasteiger partial charge on any atom is -0.333 e.